The normalized spacial score (nSPS) is 21.7. The number of carbonyl (C=O) groups is 2. The second-order valence-electron chi connectivity index (χ2n) is 5.03. The summed E-state index contributed by atoms with van der Waals surface area (Å²) in [6, 6.07) is 6.83. The largest absolute Gasteiger partial charge is 0.379 e. The Morgan fingerprint density at radius 2 is 1.90 bits per heavy atom. The van der Waals surface area contributed by atoms with Crippen LogP contribution in [0.25, 0.3) is 0 Å². The highest BCUT2D eigenvalue weighted by Gasteiger charge is 2.16. The van der Waals surface area contributed by atoms with Crippen molar-refractivity contribution in [1.82, 2.24) is 5.32 Å². The summed E-state index contributed by atoms with van der Waals surface area (Å²) in [6.07, 6.45) is 3.14. The second-order valence-corrected chi connectivity index (χ2v) is 5.03. The lowest BCUT2D eigenvalue weighted by molar-refractivity contribution is -0.109. The molecular formula is C16H21NO4. The van der Waals surface area contributed by atoms with Crippen LogP contribution in [0, 0.1) is 0 Å². The Morgan fingerprint density at radius 3 is 2.76 bits per heavy atom. The van der Waals surface area contributed by atoms with Crippen LogP contribution in [0.2, 0.25) is 0 Å². The van der Waals surface area contributed by atoms with E-state index in [4.69, 9.17) is 9.47 Å². The standard InChI is InChI=1S/C16H21NO4/c18-11-14-6-3-4-8-20-9-10-21-12-13-5-1-2-7-15(13)16(19)17-14/h1-2,5,7,11,14H,3-4,6,8-10,12H2,(H,17,19)/t14-/m0/s1. The molecule has 0 saturated heterocycles. The van der Waals surface area contributed by atoms with Crippen LogP contribution in [-0.4, -0.2) is 38.1 Å². The number of fused-ring (bicyclic) bond motifs is 1. The van der Waals surface area contributed by atoms with Crippen molar-refractivity contribution in [3.05, 3.63) is 35.4 Å². The minimum atomic E-state index is -0.450. The van der Waals surface area contributed by atoms with Crippen LogP contribution in [0.3, 0.4) is 0 Å². The van der Waals surface area contributed by atoms with Gasteiger partial charge in [0.25, 0.3) is 5.91 Å². The highest BCUT2D eigenvalue weighted by molar-refractivity contribution is 5.96. The summed E-state index contributed by atoms with van der Waals surface area (Å²) < 4.78 is 11.0. The lowest BCUT2D eigenvalue weighted by Gasteiger charge is -2.16. The van der Waals surface area contributed by atoms with Crippen LogP contribution in [0.1, 0.15) is 35.2 Å². The van der Waals surface area contributed by atoms with Crippen molar-refractivity contribution in [2.45, 2.75) is 31.9 Å². The van der Waals surface area contributed by atoms with Crippen LogP contribution < -0.4 is 5.32 Å². The molecule has 1 aliphatic rings. The minimum Gasteiger partial charge on any atom is -0.379 e. The van der Waals surface area contributed by atoms with Crippen LogP contribution in [0.5, 0.6) is 0 Å². The van der Waals surface area contributed by atoms with Crippen molar-refractivity contribution >= 4 is 12.2 Å². The van der Waals surface area contributed by atoms with Gasteiger partial charge in [0.05, 0.1) is 25.9 Å². The lowest BCUT2D eigenvalue weighted by Crippen LogP contribution is -2.36. The van der Waals surface area contributed by atoms with E-state index in [2.05, 4.69) is 5.32 Å². The van der Waals surface area contributed by atoms with E-state index in [0.29, 0.717) is 38.4 Å². The van der Waals surface area contributed by atoms with E-state index in [1.54, 1.807) is 12.1 Å². The smallest absolute Gasteiger partial charge is 0.252 e. The molecule has 114 valence electrons. The molecule has 0 bridgehead atoms. The maximum atomic E-state index is 12.3. The van der Waals surface area contributed by atoms with Crippen LogP contribution in [-0.2, 0) is 20.9 Å². The Hall–Kier alpha value is -1.72. The molecule has 5 heteroatoms. The summed E-state index contributed by atoms with van der Waals surface area (Å²) in [7, 11) is 0. The fourth-order valence-electron chi connectivity index (χ4n) is 2.26. The van der Waals surface area contributed by atoms with E-state index >= 15 is 0 Å². The molecule has 1 aromatic rings. The van der Waals surface area contributed by atoms with Gasteiger partial charge in [-0.25, -0.2) is 0 Å². The van der Waals surface area contributed by atoms with E-state index in [1.807, 2.05) is 12.1 Å². The van der Waals surface area contributed by atoms with Gasteiger partial charge >= 0.3 is 0 Å². The summed E-state index contributed by atoms with van der Waals surface area (Å²) in [6.45, 7) is 2.07. The third kappa shape index (κ3) is 4.95. The van der Waals surface area contributed by atoms with Crippen molar-refractivity contribution < 1.29 is 19.1 Å². The molecule has 0 saturated carbocycles. The van der Waals surface area contributed by atoms with Gasteiger partial charge < -0.3 is 19.6 Å². The number of hydrogen-bond donors (Lipinski definition) is 1. The molecule has 2 rings (SSSR count). The average molecular weight is 291 g/mol. The molecule has 0 spiro atoms. The van der Waals surface area contributed by atoms with E-state index < -0.39 is 6.04 Å². The summed E-state index contributed by atoms with van der Waals surface area (Å²) in [5.74, 6) is -0.223. The zero-order valence-electron chi connectivity index (χ0n) is 12.0. The molecular weight excluding hydrogens is 270 g/mol. The first-order valence-corrected chi connectivity index (χ1v) is 7.31. The van der Waals surface area contributed by atoms with Gasteiger partial charge in [-0.3, -0.25) is 4.79 Å². The molecule has 0 fully saturated rings. The fourth-order valence-corrected chi connectivity index (χ4v) is 2.26. The molecule has 5 nitrogen and oxygen atoms in total. The molecule has 21 heavy (non-hydrogen) atoms. The highest BCUT2D eigenvalue weighted by atomic mass is 16.5. The first-order valence-electron chi connectivity index (χ1n) is 7.31. The number of carbonyl (C=O) groups excluding carboxylic acids is 2. The molecule has 1 heterocycles. The predicted molar refractivity (Wildman–Crippen MR) is 78.1 cm³/mol. The van der Waals surface area contributed by atoms with Crippen molar-refractivity contribution in [3.63, 3.8) is 0 Å². The summed E-state index contributed by atoms with van der Waals surface area (Å²) in [5.41, 5.74) is 1.37. The zero-order chi connectivity index (χ0) is 14.9. The predicted octanol–water partition coefficient (Wildman–Crippen LogP) is 1.70. The maximum Gasteiger partial charge on any atom is 0.252 e. The third-order valence-electron chi connectivity index (χ3n) is 3.43. The summed E-state index contributed by atoms with van der Waals surface area (Å²) >= 11 is 0. The van der Waals surface area contributed by atoms with Crippen molar-refractivity contribution in [1.29, 1.82) is 0 Å². The monoisotopic (exact) mass is 291 g/mol. The number of rotatable bonds is 1. The molecule has 0 aliphatic carbocycles. The number of benzene rings is 1. The van der Waals surface area contributed by atoms with Gasteiger partial charge in [-0.05, 0) is 30.9 Å². The van der Waals surface area contributed by atoms with Gasteiger partial charge in [0.15, 0.2) is 0 Å². The Kier molecular flexibility index (Phi) is 6.37. The molecule has 1 aliphatic heterocycles. The Morgan fingerprint density at radius 1 is 1.10 bits per heavy atom. The molecule has 0 radical (unpaired) electrons. The van der Waals surface area contributed by atoms with Gasteiger partial charge in [-0.15, -0.1) is 0 Å². The van der Waals surface area contributed by atoms with E-state index in [1.165, 1.54) is 0 Å². The number of ether oxygens (including phenoxy) is 2. The SMILES string of the molecule is O=C[C@@H]1CCCCOCCOCc2ccccc2C(=O)N1. The number of aldehydes is 1. The van der Waals surface area contributed by atoms with E-state index in [9.17, 15) is 9.59 Å². The quantitative estimate of drug-likeness (QED) is 0.800. The third-order valence-corrected chi connectivity index (χ3v) is 3.43. The number of hydrogen-bond acceptors (Lipinski definition) is 4. The Labute approximate surface area is 124 Å². The second kappa shape index (κ2) is 8.54. The van der Waals surface area contributed by atoms with Gasteiger partial charge in [-0.1, -0.05) is 18.2 Å². The van der Waals surface area contributed by atoms with Crippen molar-refractivity contribution in [2.24, 2.45) is 0 Å². The molecule has 0 unspecified atom stereocenters. The Balaban J connectivity index is 2.12. The van der Waals surface area contributed by atoms with Gasteiger partial charge in [0.1, 0.15) is 6.29 Å². The number of nitrogens with one attached hydrogen (secondary N) is 1. The average Bonchev–Trinajstić information content (AvgIpc) is 2.51. The molecule has 1 N–H and O–H groups in total. The topological polar surface area (TPSA) is 64.6 Å². The number of amides is 1. The van der Waals surface area contributed by atoms with Gasteiger partial charge in [-0.2, -0.15) is 0 Å². The highest BCUT2D eigenvalue weighted by Crippen LogP contribution is 2.11. The first kappa shape index (κ1) is 15.7. The van der Waals surface area contributed by atoms with Crippen molar-refractivity contribution in [3.8, 4) is 0 Å². The lowest BCUT2D eigenvalue weighted by atomic mass is 10.1. The van der Waals surface area contributed by atoms with Gasteiger partial charge in [0.2, 0.25) is 0 Å². The zero-order valence-corrected chi connectivity index (χ0v) is 12.0. The minimum absolute atomic E-state index is 0.223. The summed E-state index contributed by atoms with van der Waals surface area (Å²) in [4.78, 5) is 23.4. The first-order chi connectivity index (χ1) is 10.3. The van der Waals surface area contributed by atoms with Crippen LogP contribution >= 0.6 is 0 Å². The van der Waals surface area contributed by atoms with Crippen LogP contribution in [0.4, 0.5) is 0 Å². The van der Waals surface area contributed by atoms with E-state index in [0.717, 1.165) is 24.7 Å². The van der Waals surface area contributed by atoms with Crippen molar-refractivity contribution in [2.75, 3.05) is 19.8 Å². The van der Waals surface area contributed by atoms with Crippen LogP contribution in [0.15, 0.2) is 24.3 Å². The van der Waals surface area contributed by atoms with E-state index in [-0.39, 0.29) is 5.91 Å². The summed E-state index contributed by atoms with van der Waals surface area (Å²) in [5, 5.41) is 2.77. The maximum absolute atomic E-state index is 12.3. The van der Waals surface area contributed by atoms with Gasteiger partial charge in [0, 0.05) is 12.2 Å². The molecule has 1 atom stereocenters. The molecule has 1 amide bonds. The Bertz CT molecular complexity index is 475. The molecule has 1 aromatic carbocycles. The molecule has 0 aromatic heterocycles. The fraction of sp³-hybridized carbons (Fsp3) is 0.500.